The Morgan fingerprint density at radius 1 is 1.62 bits per heavy atom. The first-order chi connectivity index (χ1) is 6.27. The summed E-state index contributed by atoms with van der Waals surface area (Å²) in [6.45, 7) is 1.91. The first-order valence-corrected chi connectivity index (χ1v) is 4.73. The van der Waals surface area contributed by atoms with Gasteiger partial charge in [0.15, 0.2) is 11.6 Å². The van der Waals surface area contributed by atoms with Crippen molar-refractivity contribution in [2.24, 2.45) is 0 Å². The zero-order valence-electron chi connectivity index (χ0n) is 7.12. The average Bonchev–Trinajstić information content (AvgIpc) is 2.16. The van der Waals surface area contributed by atoms with Crippen LogP contribution in [0.25, 0.3) is 0 Å². The van der Waals surface area contributed by atoms with E-state index in [1.165, 1.54) is 12.1 Å². The van der Waals surface area contributed by atoms with Gasteiger partial charge in [0.05, 0.1) is 12.0 Å². The maximum atomic E-state index is 13.1. The summed E-state index contributed by atoms with van der Waals surface area (Å²) >= 11 is 1.16. The van der Waals surface area contributed by atoms with Crippen molar-refractivity contribution >= 4 is 18.3 Å². The van der Waals surface area contributed by atoms with Crippen LogP contribution in [0.3, 0.4) is 0 Å². The van der Waals surface area contributed by atoms with Gasteiger partial charge in [-0.15, -0.1) is 0 Å². The van der Waals surface area contributed by atoms with E-state index >= 15 is 0 Å². The second-order valence-electron chi connectivity index (χ2n) is 2.30. The molecule has 0 aromatic heterocycles. The van der Waals surface area contributed by atoms with E-state index in [4.69, 9.17) is 4.18 Å². The second-order valence-corrected chi connectivity index (χ2v) is 3.28. The van der Waals surface area contributed by atoms with Crippen LogP contribution in [0.15, 0.2) is 18.2 Å². The summed E-state index contributed by atoms with van der Waals surface area (Å²) in [7, 11) is 0. The molecule has 0 spiro atoms. The fraction of sp³-hybridized carbons (Fsp3) is 0.222. The first kappa shape index (κ1) is 10.1. The molecule has 0 atom stereocenters. The molecule has 0 aliphatic carbocycles. The van der Waals surface area contributed by atoms with Gasteiger partial charge in [0, 0.05) is 11.3 Å². The Bertz CT molecular complexity index is 302. The number of halogens is 1. The van der Waals surface area contributed by atoms with Crippen LogP contribution in [0.2, 0.25) is 0 Å². The minimum absolute atomic E-state index is 0.164. The van der Waals surface area contributed by atoms with Gasteiger partial charge in [-0.2, -0.15) is 0 Å². The Labute approximate surface area is 80.3 Å². The summed E-state index contributed by atoms with van der Waals surface area (Å²) in [4.78, 5) is 10.3. The molecular formula is C9H9FO2S. The highest BCUT2D eigenvalue weighted by atomic mass is 32.2. The molecule has 2 nitrogen and oxygen atoms in total. The van der Waals surface area contributed by atoms with Gasteiger partial charge in [0.25, 0.3) is 0 Å². The number of carbonyl (C=O) groups is 1. The molecule has 0 amide bonds. The van der Waals surface area contributed by atoms with Crippen LogP contribution in [0, 0.1) is 5.82 Å². The van der Waals surface area contributed by atoms with Crippen LogP contribution in [0.5, 0.6) is 5.75 Å². The summed E-state index contributed by atoms with van der Waals surface area (Å²) in [5.74, 6) is 0.400. The van der Waals surface area contributed by atoms with Crippen molar-refractivity contribution in [1.82, 2.24) is 0 Å². The lowest BCUT2D eigenvalue weighted by Gasteiger charge is -2.03. The molecule has 0 saturated carbocycles. The molecule has 0 bridgehead atoms. The smallest absolute Gasteiger partial charge is 0.173 e. The number of hydrogen-bond acceptors (Lipinski definition) is 3. The van der Waals surface area contributed by atoms with E-state index in [9.17, 15) is 9.18 Å². The van der Waals surface area contributed by atoms with Crippen molar-refractivity contribution in [3.63, 3.8) is 0 Å². The predicted octanol–water partition coefficient (Wildman–Crippen LogP) is 2.69. The number of carbonyl (C=O) groups excluding carboxylic acids is 1. The third-order valence-corrected chi connectivity index (χ3v) is 1.89. The van der Waals surface area contributed by atoms with Crippen LogP contribution in [0.4, 0.5) is 4.39 Å². The molecule has 0 fully saturated rings. The van der Waals surface area contributed by atoms with Gasteiger partial charge in [0.2, 0.25) is 0 Å². The van der Waals surface area contributed by atoms with Crippen molar-refractivity contribution in [1.29, 1.82) is 0 Å². The van der Waals surface area contributed by atoms with E-state index in [-0.39, 0.29) is 5.75 Å². The summed E-state index contributed by atoms with van der Waals surface area (Å²) in [6, 6.07) is 4.11. The monoisotopic (exact) mass is 200 g/mol. The third-order valence-electron chi connectivity index (χ3n) is 1.36. The minimum Gasteiger partial charge on any atom is -0.423 e. The molecule has 0 aliphatic heterocycles. The van der Waals surface area contributed by atoms with E-state index in [0.717, 1.165) is 23.9 Å². The maximum absolute atomic E-state index is 13.1. The molecule has 4 heteroatoms. The topological polar surface area (TPSA) is 26.3 Å². The Morgan fingerprint density at radius 3 is 2.92 bits per heavy atom. The summed E-state index contributed by atoms with van der Waals surface area (Å²) in [6.07, 6.45) is 0.597. The molecule has 1 rings (SSSR count). The Hall–Kier alpha value is -1.03. The highest BCUT2D eigenvalue weighted by Gasteiger charge is 2.04. The molecule has 0 aliphatic rings. The van der Waals surface area contributed by atoms with Gasteiger partial charge < -0.3 is 4.18 Å². The molecule has 70 valence electrons. The lowest BCUT2D eigenvalue weighted by molar-refractivity contribution is 0.112. The van der Waals surface area contributed by atoms with Crippen LogP contribution < -0.4 is 4.18 Å². The molecule has 13 heavy (non-hydrogen) atoms. The van der Waals surface area contributed by atoms with E-state index in [1.807, 2.05) is 6.92 Å². The van der Waals surface area contributed by atoms with Crippen LogP contribution in [0.1, 0.15) is 17.3 Å². The van der Waals surface area contributed by atoms with Gasteiger partial charge in [-0.3, -0.25) is 4.79 Å². The molecule has 0 heterocycles. The Morgan fingerprint density at radius 2 is 2.38 bits per heavy atom. The van der Waals surface area contributed by atoms with E-state index in [2.05, 4.69) is 0 Å². The average molecular weight is 200 g/mol. The van der Waals surface area contributed by atoms with E-state index in [1.54, 1.807) is 0 Å². The van der Waals surface area contributed by atoms with Crippen LogP contribution in [-0.2, 0) is 0 Å². The van der Waals surface area contributed by atoms with E-state index < -0.39 is 5.82 Å². The number of hydrogen-bond donors (Lipinski definition) is 0. The molecule has 0 radical (unpaired) electrons. The largest absolute Gasteiger partial charge is 0.423 e. The summed E-state index contributed by atoms with van der Waals surface area (Å²) < 4.78 is 18.1. The fourth-order valence-corrected chi connectivity index (χ4v) is 1.16. The van der Waals surface area contributed by atoms with Crippen molar-refractivity contribution in [2.75, 3.05) is 5.75 Å². The first-order valence-electron chi connectivity index (χ1n) is 3.82. The van der Waals surface area contributed by atoms with Crippen LogP contribution in [-0.4, -0.2) is 12.0 Å². The zero-order valence-corrected chi connectivity index (χ0v) is 7.94. The molecule has 1 aromatic rings. The van der Waals surface area contributed by atoms with Crippen molar-refractivity contribution in [3.05, 3.63) is 29.6 Å². The standard InChI is InChI=1S/C9H9FO2S/c1-2-13-12-9-4-3-7(6-11)5-8(9)10/h3-6H,2H2,1H3. The Balaban J connectivity index is 2.79. The van der Waals surface area contributed by atoms with Crippen LogP contribution >= 0.6 is 12.0 Å². The minimum atomic E-state index is -0.509. The van der Waals surface area contributed by atoms with Gasteiger partial charge in [-0.25, -0.2) is 4.39 Å². The predicted molar refractivity (Wildman–Crippen MR) is 50.5 cm³/mol. The second kappa shape index (κ2) is 4.87. The van der Waals surface area contributed by atoms with Gasteiger partial charge >= 0.3 is 0 Å². The summed E-state index contributed by atoms with van der Waals surface area (Å²) in [5, 5.41) is 0. The third kappa shape index (κ3) is 2.73. The van der Waals surface area contributed by atoms with Gasteiger partial charge in [-0.1, -0.05) is 6.92 Å². The number of rotatable bonds is 4. The van der Waals surface area contributed by atoms with Gasteiger partial charge in [0.1, 0.15) is 6.29 Å². The highest BCUT2D eigenvalue weighted by Crippen LogP contribution is 2.21. The molecule has 1 aromatic carbocycles. The lowest BCUT2D eigenvalue weighted by atomic mass is 10.2. The quantitative estimate of drug-likeness (QED) is 0.552. The van der Waals surface area contributed by atoms with Crippen molar-refractivity contribution in [3.8, 4) is 5.75 Å². The molecule has 0 saturated heterocycles. The summed E-state index contributed by atoms with van der Waals surface area (Å²) in [5.41, 5.74) is 0.311. The molecule has 0 N–H and O–H groups in total. The maximum Gasteiger partial charge on any atom is 0.173 e. The highest BCUT2D eigenvalue weighted by molar-refractivity contribution is 7.94. The normalized spacial score (nSPS) is 9.69. The molecule has 0 unspecified atom stereocenters. The zero-order chi connectivity index (χ0) is 9.68. The van der Waals surface area contributed by atoms with E-state index in [0.29, 0.717) is 11.8 Å². The number of aldehydes is 1. The number of benzene rings is 1. The van der Waals surface area contributed by atoms with Crippen molar-refractivity contribution < 1.29 is 13.4 Å². The van der Waals surface area contributed by atoms with Crippen molar-refractivity contribution in [2.45, 2.75) is 6.92 Å². The van der Waals surface area contributed by atoms with Gasteiger partial charge in [-0.05, 0) is 18.2 Å². The lowest BCUT2D eigenvalue weighted by Crippen LogP contribution is -1.89. The SMILES string of the molecule is CCSOc1ccc(C=O)cc1F. The fourth-order valence-electron chi connectivity index (χ4n) is 0.780. The Kier molecular flexibility index (Phi) is 3.76. The molecular weight excluding hydrogens is 191 g/mol.